The monoisotopic (exact) mass is 400 g/mol. The second-order valence-electron chi connectivity index (χ2n) is 6.42. The van der Waals surface area contributed by atoms with Crippen LogP contribution in [0.25, 0.3) is 0 Å². The van der Waals surface area contributed by atoms with Crippen molar-refractivity contribution in [3.8, 4) is 5.88 Å². The maximum Gasteiger partial charge on any atom is 0.328 e. The van der Waals surface area contributed by atoms with Crippen LogP contribution in [0.15, 0.2) is 48.7 Å². The lowest BCUT2D eigenvalue weighted by atomic mass is 10.1. The number of esters is 1. The number of carbonyl (C=O) groups excluding carboxylic acids is 2. The minimum absolute atomic E-state index is 0.215. The molecule has 29 heavy (non-hydrogen) atoms. The summed E-state index contributed by atoms with van der Waals surface area (Å²) < 4.78 is 15.8. The number of pyridine rings is 1. The van der Waals surface area contributed by atoms with E-state index < -0.39 is 12.0 Å². The maximum atomic E-state index is 12.3. The number of methoxy groups -OCH3 is 1. The van der Waals surface area contributed by atoms with Gasteiger partial charge >= 0.3 is 5.97 Å². The van der Waals surface area contributed by atoms with Gasteiger partial charge in [-0.2, -0.15) is 0 Å². The first-order valence-electron chi connectivity index (χ1n) is 9.69. The van der Waals surface area contributed by atoms with Crippen LogP contribution in [-0.4, -0.2) is 43.2 Å². The minimum Gasteiger partial charge on any atom is -0.481 e. The van der Waals surface area contributed by atoms with E-state index in [1.807, 2.05) is 30.3 Å². The molecule has 0 spiro atoms. The van der Waals surface area contributed by atoms with Gasteiger partial charge in [0.05, 0.1) is 20.3 Å². The van der Waals surface area contributed by atoms with Gasteiger partial charge in [-0.15, -0.1) is 0 Å². The van der Waals surface area contributed by atoms with Crippen molar-refractivity contribution in [1.29, 1.82) is 0 Å². The Balaban J connectivity index is 1.80. The normalized spacial score (nSPS) is 11.5. The Labute approximate surface area is 171 Å². The first-order chi connectivity index (χ1) is 14.1. The molecule has 1 amide bonds. The second kappa shape index (κ2) is 12.5. The molecule has 1 atom stereocenters. The van der Waals surface area contributed by atoms with E-state index in [0.29, 0.717) is 31.9 Å². The fourth-order valence-corrected chi connectivity index (χ4v) is 2.73. The molecule has 1 aromatic carbocycles. The van der Waals surface area contributed by atoms with E-state index in [1.165, 1.54) is 7.11 Å². The molecule has 0 aliphatic rings. The van der Waals surface area contributed by atoms with Crippen LogP contribution < -0.4 is 10.1 Å². The fraction of sp³-hybridized carbons (Fsp3) is 0.409. The number of rotatable bonds is 12. The molecular weight excluding hydrogens is 372 g/mol. The smallest absolute Gasteiger partial charge is 0.328 e. The predicted octanol–water partition coefficient (Wildman–Crippen LogP) is 2.68. The zero-order chi connectivity index (χ0) is 20.9. The van der Waals surface area contributed by atoms with Gasteiger partial charge in [-0.25, -0.2) is 9.78 Å². The summed E-state index contributed by atoms with van der Waals surface area (Å²) >= 11 is 0. The summed E-state index contributed by atoms with van der Waals surface area (Å²) in [5, 5.41) is 2.77. The molecule has 2 rings (SSSR count). The van der Waals surface area contributed by atoms with Gasteiger partial charge < -0.3 is 19.5 Å². The number of amides is 1. The highest BCUT2D eigenvalue weighted by atomic mass is 16.5. The van der Waals surface area contributed by atoms with Crippen LogP contribution >= 0.6 is 0 Å². The van der Waals surface area contributed by atoms with Crippen LogP contribution in [0, 0.1) is 0 Å². The molecule has 1 aromatic heterocycles. The van der Waals surface area contributed by atoms with Gasteiger partial charge in [-0.3, -0.25) is 4.79 Å². The Kier molecular flexibility index (Phi) is 9.65. The Morgan fingerprint density at radius 3 is 2.66 bits per heavy atom. The highest BCUT2D eigenvalue weighted by molar-refractivity contribution is 5.84. The summed E-state index contributed by atoms with van der Waals surface area (Å²) in [7, 11) is 1.52. The standard InChI is InChI=1S/C22H28N2O5/c1-3-29-22(26)19(14-18-11-12-23-21(15-18)27-2)24-20(25)10-7-13-28-16-17-8-5-4-6-9-17/h4-6,8-9,11-12,15,19H,3,7,10,13-14,16H2,1-2H3,(H,24,25)/t19-/m0/s1. The average Bonchev–Trinajstić information content (AvgIpc) is 2.74. The zero-order valence-electron chi connectivity index (χ0n) is 16.9. The van der Waals surface area contributed by atoms with E-state index in [4.69, 9.17) is 14.2 Å². The molecular formula is C22H28N2O5. The molecule has 0 unspecified atom stereocenters. The lowest BCUT2D eigenvalue weighted by Gasteiger charge is -2.17. The van der Waals surface area contributed by atoms with Crippen LogP contribution in [-0.2, 0) is 32.1 Å². The van der Waals surface area contributed by atoms with E-state index in [-0.39, 0.29) is 18.9 Å². The van der Waals surface area contributed by atoms with E-state index in [0.717, 1.165) is 11.1 Å². The Morgan fingerprint density at radius 2 is 1.93 bits per heavy atom. The van der Waals surface area contributed by atoms with Gasteiger partial charge in [0, 0.05) is 31.7 Å². The van der Waals surface area contributed by atoms with Gasteiger partial charge in [0.1, 0.15) is 6.04 Å². The highest BCUT2D eigenvalue weighted by Crippen LogP contribution is 2.12. The molecule has 7 heteroatoms. The summed E-state index contributed by atoms with van der Waals surface area (Å²) in [4.78, 5) is 28.6. The van der Waals surface area contributed by atoms with Gasteiger partial charge in [0.15, 0.2) is 0 Å². The first-order valence-corrected chi connectivity index (χ1v) is 9.69. The molecule has 0 saturated carbocycles. The third kappa shape index (κ3) is 8.31. The van der Waals surface area contributed by atoms with Crippen molar-refractivity contribution >= 4 is 11.9 Å². The summed E-state index contributed by atoms with van der Waals surface area (Å²) in [6.45, 7) is 2.96. The molecule has 1 N–H and O–H groups in total. The molecule has 0 bridgehead atoms. The van der Waals surface area contributed by atoms with E-state index >= 15 is 0 Å². The third-order valence-electron chi connectivity index (χ3n) is 4.16. The molecule has 7 nitrogen and oxygen atoms in total. The Hall–Kier alpha value is -2.93. The van der Waals surface area contributed by atoms with Crippen molar-refractivity contribution < 1.29 is 23.8 Å². The van der Waals surface area contributed by atoms with Crippen molar-refractivity contribution in [3.05, 3.63) is 59.8 Å². The largest absolute Gasteiger partial charge is 0.481 e. The molecule has 156 valence electrons. The van der Waals surface area contributed by atoms with Crippen molar-refractivity contribution in [2.75, 3.05) is 20.3 Å². The molecule has 2 aromatic rings. The Morgan fingerprint density at radius 1 is 1.14 bits per heavy atom. The van der Waals surface area contributed by atoms with Crippen LogP contribution in [0.1, 0.15) is 30.9 Å². The van der Waals surface area contributed by atoms with Crippen LogP contribution in [0.5, 0.6) is 5.88 Å². The number of carbonyl (C=O) groups is 2. The summed E-state index contributed by atoms with van der Waals surface area (Å²) in [5.41, 5.74) is 1.91. The zero-order valence-corrected chi connectivity index (χ0v) is 16.9. The topological polar surface area (TPSA) is 86.8 Å². The number of nitrogens with zero attached hydrogens (tertiary/aromatic N) is 1. The lowest BCUT2D eigenvalue weighted by molar-refractivity contribution is -0.147. The fourth-order valence-electron chi connectivity index (χ4n) is 2.73. The van der Waals surface area contributed by atoms with Crippen LogP contribution in [0.4, 0.5) is 0 Å². The number of hydrogen-bond donors (Lipinski definition) is 1. The van der Waals surface area contributed by atoms with Crippen LogP contribution in [0.2, 0.25) is 0 Å². The number of aromatic nitrogens is 1. The molecule has 0 aliphatic heterocycles. The van der Waals surface area contributed by atoms with Gasteiger partial charge in [-0.1, -0.05) is 30.3 Å². The quantitative estimate of drug-likeness (QED) is 0.435. The van der Waals surface area contributed by atoms with E-state index in [1.54, 1.807) is 25.3 Å². The molecule has 0 saturated heterocycles. The van der Waals surface area contributed by atoms with Crippen molar-refractivity contribution in [1.82, 2.24) is 10.3 Å². The highest BCUT2D eigenvalue weighted by Gasteiger charge is 2.22. The van der Waals surface area contributed by atoms with Crippen molar-refractivity contribution in [2.24, 2.45) is 0 Å². The molecule has 1 heterocycles. The molecule has 0 radical (unpaired) electrons. The third-order valence-corrected chi connectivity index (χ3v) is 4.16. The summed E-state index contributed by atoms with van der Waals surface area (Å²) in [5.74, 6) is -0.226. The Bertz CT molecular complexity index is 767. The maximum absolute atomic E-state index is 12.3. The summed E-state index contributed by atoms with van der Waals surface area (Å²) in [6, 6.07) is 12.6. The van der Waals surface area contributed by atoms with Gasteiger partial charge in [0.25, 0.3) is 0 Å². The number of hydrogen-bond acceptors (Lipinski definition) is 6. The molecule has 0 fully saturated rings. The predicted molar refractivity (Wildman–Crippen MR) is 108 cm³/mol. The first kappa shape index (κ1) is 22.4. The minimum atomic E-state index is -0.764. The SMILES string of the molecule is CCOC(=O)[C@H](Cc1ccnc(OC)c1)NC(=O)CCCOCc1ccccc1. The van der Waals surface area contributed by atoms with Crippen molar-refractivity contribution in [3.63, 3.8) is 0 Å². The number of nitrogens with one attached hydrogen (secondary N) is 1. The van der Waals surface area contributed by atoms with Crippen molar-refractivity contribution in [2.45, 2.75) is 38.8 Å². The van der Waals surface area contributed by atoms with Crippen LogP contribution in [0.3, 0.4) is 0 Å². The second-order valence-corrected chi connectivity index (χ2v) is 6.42. The van der Waals surface area contributed by atoms with Gasteiger partial charge in [0.2, 0.25) is 11.8 Å². The molecule has 0 aliphatic carbocycles. The number of benzene rings is 1. The van der Waals surface area contributed by atoms with Gasteiger partial charge in [-0.05, 0) is 30.5 Å². The van der Waals surface area contributed by atoms with E-state index in [2.05, 4.69) is 10.3 Å². The lowest BCUT2D eigenvalue weighted by Crippen LogP contribution is -2.43. The average molecular weight is 400 g/mol. The van der Waals surface area contributed by atoms with E-state index in [9.17, 15) is 9.59 Å². The summed E-state index contributed by atoms with van der Waals surface area (Å²) in [6.07, 6.45) is 2.73. The number of ether oxygens (including phenoxy) is 3.